The summed E-state index contributed by atoms with van der Waals surface area (Å²) in [6.07, 6.45) is 5.73. The molecule has 4 heteroatoms. The zero-order valence-corrected chi connectivity index (χ0v) is 11.1. The van der Waals surface area contributed by atoms with Gasteiger partial charge in [0.1, 0.15) is 0 Å². The van der Waals surface area contributed by atoms with Crippen molar-refractivity contribution in [2.75, 3.05) is 7.05 Å². The first-order valence-corrected chi connectivity index (χ1v) is 6.53. The minimum absolute atomic E-state index is 0.0842. The van der Waals surface area contributed by atoms with Gasteiger partial charge in [-0.2, -0.15) is 0 Å². The second kappa shape index (κ2) is 5.48. The third-order valence-electron chi connectivity index (χ3n) is 3.75. The SMILES string of the molecule is Cc1cc(C(=O)N(C)C2CCC(N)CC2)ccn1. The molecule has 1 amide bonds. The lowest BCUT2D eigenvalue weighted by Crippen LogP contribution is -2.41. The van der Waals surface area contributed by atoms with E-state index in [-0.39, 0.29) is 5.91 Å². The van der Waals surface area contributed by atoms with Gasteiger partial charge in [-0.25, -0.2) is 0 Å². The maximum atomic E-state index is 12.3. The van der Waals surface area contributed by atoms with Gasteiger partial charge in [0.25, 0.3) is 5.91 Å². The summed E-state index contributed by atoms with van der Waals surface area (Å²) in [6, 6.07) is 4.26. The fourth-order valence-electron chi connectivity index (χ4n) is 2.54. The fraction of sp³-hybridized carbons (Fsp3) is 0.571. The van der Waals surface area contributed by atoms with Gasteiger partial charge in [0.2, 0.25) is 0 Å². The highest BCUT2D eigenvalue weighted by molar-refractivity contribution is 5.94. The molecule has 0 saturated heterocycles. The quantitative estimate of drug-likeness (QED) is 0.866. The van der Waals surface area contributed by atoms with Crippen molar-refractivity contribution in [2.24, 2.45) is 5.73 Å². The number of carbonyl (C=O) groups is 1. The predicted octanol–water partition coefficient (Wildman–Crippen LogP) is 1.73. The number of nitrogens with zero attached hydrogens (tertiary/aromatic N) is 2. The molecule has 4 nitrogen and oxygen atoms in total. The Hall–Kier alpha value is -1.42. The molecule has 1 aliphatic rings. The lowest BCUT2D eigenvalue weighted by Gasteiger charge is -2.33. The zero-order valence-electron chi connectivity index (χ0n) is 11.1. The molecule has 1 saturated carbocycles. The van der Waals surface area contributed by atoms with Gasteiger partial charge in [0.15, 0.2) is 0 Å². The van der Waals surface area contributed by atoms with E-state index in [1.807, 2.05) is 24.9 Å². The molecule has 1 aromatic heterocycles. The van der Waals surface area contributed by atoms with Crippen LogP contribution in [0.3, 0.4) is 0 Å². The Morgan fingerprint density at radius 2 is 2.06 bits per heavy atom. The molecule has 0 aliphatic heterocycles. The number of hydrogen-bond donors (Lipinski definition) is 1. The standard InChI is InChI=1S/C14H21N3O/c1-10-9-11(7-8-16-10)14(18)17(2)13-5-3-12(15)4-6-13/h7-9,12-13H,3-6,15H2,1-2H3. The van der Waals surface area contributed by atoms with Crippen molar-refractivity contribution in [2.45, 2.75) is 44.7 Å². The maximum absolute atomic E-state index is 12.3. The van der Waals surface area contributed by atoms with E-state index >= 15 is 0 Å². The maximum Gasteiger partial charge on any atom is 0.253 e. The number of nitrogens with two attached hydrogens (primary N) is 1. The number of aryl methyl sites for hydroxylation is 1. The van der Waals surface area contributed by atoms with Gasteiger partial charge in [-0.15, -0.1) is 0 Å². The summed E-state index contributed by atoms with van der Waals surface area (Å²) in [4.78, 5) is 18.3. The molecule has 0 bridgehead atoms. The van der Waals surface area contributed by atoms with E-state index < -0.39 is 0 Å². The molecule has 1 aromatic rings. The molecule has 0 spiro atoms. The van der Waals surface area contributed by atoms with Gasteiger partial charge in [-0.3, -0.25) is 9.78 Å². The highest BCUT2D eigenvalue weighted by Gasteiger charge is 2.25. The minimum Gasteiger partial charge on any atom is -0.339 e. The van der Waals surface area contributed by atoms with Crippen LogP contribution in [-0.2, 0) is 0 Å². The first-order valence-electron chi connectivity index (χ1n) is 6.53. The summed E-state index contributed by atoms with van der Waals surface area (Å²) in [5.74, 6) is 0.0842. The van der Waals surface area contributed by atoms with Crippen LogP contribution >= 0.6 is 0 Å². The normalized spacial score (nSPS) is 23.7. The third-order valence-corrected chi connectivity index (χ3v) is 3.75. The van der Waals surface area contributed by atoms with Crippen LogP contribution < -0.4 is 5.73 Å². The number of hydrogen-bond acceptors (Lipinski definition) is 3. The van der Waals surface area contributed by atoms with E-state index in [0.29, 0.717) is 12.1 Å². The van der Waals surface area contributed by atoms with Crippen LogP contribution in [-0.4, -0.2) is 34.9 Å². The number of carbonyl (C=O) groups excluding carboxylic acids is 1. The molecule has 98 valence electrons. The average Bonchev–Trinajstić information content (AvgIpc) is 2.38. The second-order valence-electron chi connectivity index (χ2n) is 5.17. The first kappa shape index (κ1) is 13.0. The van der Waals surface area contributed by atoms with Crippen LogP contribution in [0.5, 0.6) is 0 Å². The minimum atomic E-state index is 0.0842. The number of aromatic nitrogens is 1. The first-order chi connectivity index (χ1) is 8.58. The van der Waals surface area contributed by atoms with Gasteiger partial charge in [0.05, 0.1) is 0 Å². The van der Waals surface area contributed by atoms with Gasteiger partial charge in [-0.05, 0) is 44.7 Å². The number of amides is 1. The predicted molar refractivity (Wildman–Crippen MR) is 71.3 cm³/mol. The van der Waals surface area contributed by atoms with E-state index in [0.717, 1.165) is 36.9 Å². The topological polar surface area (TPSA) is 59.2 Å². The smallest absolute Gasteiger partial charge is 0.253 e. The highest BCUT2D eigenvalue weighted by Crippen LogP contribution is 2.22. The van der Waals surface area contributed by atoms with Crippen molar-refractivity contribution >= 4 is 5.91 Å². The van der Waals surface area contributed by atoms with Crippen molar-refractivity contribution in [3.05, 3.63) is 29.6 Å². The molecular weight excluding hydrogens is 226 g/mol. The third kappa shape index (κ3) is 2.88. The van der Waals surface area contributed by atoms with Gasteiger partial charge in [0, 0.05) is 36.6 Å². The van der Waals surface area contributed by atoms with Crippen LogP contribution in [0.25, 0.3) is 0 Å². The summed E-state index contributed by atoms with van der Waals surface area (Å²) in [7, 11) is 1.89. The molecular formula is C14H21N3O. The fourth-order valence-corrected chi connectivity index (χ4v) is 2.54. The van der Waals surface area contributed by atoms with Crippen molar-refractivity contribution in [3.8, 4) is 0 Å². The number of pyridine rings is 1. The Morgan fingerprint density at radius 1 is 1.39 bits per heavy atom. The summed E-state index contributed by atoms with van der Waals surface area (Å²) >= 11 is 0. The van der Waals surface area contributed by atoms with Crippen LogP contribution in [0.4, 0.5) is 0 Å². The summed E-state index contributed by atoms with van der Waals surface area (Å²) < 4.78 is 0. The lowest BCUT2D eigenvalue weighted by molar-refractivity contribution is 0.0689. The molecule has 1 heterocycles. The largest absolute Gasteiger partial charge is 0.339 e. The van der Waals surface area contributed by atoms with Crippen LogP contribution in [0.15, 0.2) is 18.3 Å². The molecule has 0 aromatic carbocycles. The Labute approximate surface area is 108 Å². The molecule has 0 radical (unpaired) electrons. The van der Waals surface area contributed by atoms with Gasteiger partial charge >= 0.3 is 0 Å². The summed E-state index contributed by atoms with van der Waals surface area (Å²) in [5.41, 5.74) is 7.49. The van der Waals surface area contributed by atoms with E-state index in [4.69, 9.17) is 5.73 Å². The van der Waals surface area contributed by atoms with Crippen molar-refractivity contribution in [3.63, 3.8) is 0 Å². The number of rotatable bonds is 2. The Balaban J connectivity index is 2.04. The van der Waals surface area contributed by atoms with E-state index in [2.05, 4.69) is 4.98 Å². The van der Waals surface area contributed by atoms with Crippen LogP contribution in [0.1, 0.15) is 41.7 Å². The van der Waals surface area contributed by atoms with Crippen LogP contribution in [0, 0.1) is 6.92 Å². The summed E-state index contributed by atoms with van der Waals surface area (Å²) in [5, 5.41) is 0. The highest BCUT2D eigenvalue weighted by atomic mass is 16.2. The van der Waals surface area contributed by atoms with E-state index in [9.17, 15) is 4.79 Å². The molecule has 1 fully saturated rings. The van der Waals surface area contributed by atoms with E-state index in [1.165, 1.54) is 0 Å². The monoisotopic (exact) mass is 247 g/mol. The van der Waals surface area contributed by atoms with Crippen molar-refractivity contribution < 1.29 is 4.79 Å². The van der Waals surface area contributed by atoms with Crippen molar-refractivity contribution in [1.82, 2.24) is 9.88 Å². The van der Waals surface area contributed by atoms with Crippen molar-refractivity contribution in [1.29, 1.82) is 0 Å². The molecule has 18 heavy (non-hydrogen) atoms. The van der Waals surface area contributed by atoms with Gasteiger partial charge in [-0.1, -0.05) is 0 Å². The Bertz CT molecular complexity index is 425. The molecule has 2 rings (SSSR count). The lowest BCUT2D eigenvalue weighted by atomic mass is 9.91. The second-order valence-corrected chi connectivity index (χ2v) is 5.17. The van der Waals surface area contributed by atoms with Gasteiger partial charge < -0.3 is 10.6 Å². The van der Waals surface area contributed by atoms with Crippen LogP contribution in [0.2, 0.25) is 0 Å². The zero-order chi connectivity index (χ0) is 13.1. The molecule has 1 aliphatic carbocycles. The molecule has 0 unspecified atom stereocenters. The molecule has 0 atom stereocenters. The Kier molecular flexibility index (Phi) is 3.97. The Morgan fingerprint density at radius 3 is 2.67 bits per heavy atom. The summed E-state index contributed by atoms with van der Waals surface area (Å²) in [6.45, 7) is 1.90. The van der Waals surface area contributed by atoms with E-state index in [1.54, 1.807) is 12.3 Å². The average molecular weight is 247 g/mol. The molecule has 2 N–H and O–H groups in total.